The molecule has 0 aliphatic rings. The molecule has 2 rings (SSSR count). The predicted octanol–water partition coefficient (Wildman–Crippen LogP) is 1.76. The van der Waals surface area contributed by atoms with E-state index >= 15 is 0 Å². The van der Waals surface area contributed by atoms with E-state index in [1.54, 1.807) is 6.07 Å². The zero-order valence-electron chi connectivity index (χ0n) is 9.11. The first-order chi connectivity index (χ1) is 9.04. The summed E-state index contributed by atoms with van der Waals surface area (Å²) in [6.45, 7) is 0. The van der Waals surface area contributed by atoms with Crippen LogP contribution in [0.15, 0.2) is 15.8 Å². The molecule has 19 heavy (non-hydrogen) atoms. The molecule has 0 amide bonds. The first kappa shape index (κ1) is 13.1. The molecule has 8 nitrogen and oxygen atoms in total. The number of amidine groups is 1. The number of nitrogens with zero attached hydrogens (tertiary/aromatic N) is 4. The van der Waals surface area contributed by atoms with Gasteiger partial charge in [-0.25, -0.2) is 4.63 Å². The average Bonchev–Trinajstić information content (AvgIpc) is 2.82. The fourth-order valence-electron chi connectivity index (χ4n) is 1.24. The number of nitrogens with two attached hydrogens (primary N) is 1. The summed E-state index contributed by atoms with van der Waals surface area (Å²) in [6, 6.07) is 3.08. The number of fused-ring (bicyclic) bond motifs is 1. The lowest BCUT2D eigenvalue weighted by Crippen LogP contribution is -2.21. The molecule has 0 spiro atoms. The summed E-state index contributed by atoms with van der Waals surface area (Å²) >= 11 is 11.9. The van der Waals surface area contributed by atoms with Gasteiger partial charge in [0.25, 0.3) is 0 Å². The first-order valence-corrected chi connectivity index (χ1v) is 5.48. The normalized spacial score (nSPS) is 11.3. The number of hydrogen-bond donors (Lipinski definition) is 3. The molecule has 0 aliphatic carbocycles. The van der Waals surface area contributed by atoms with Gasteiger partial charge in [-0.05, 0) is 16.4 Å². The Morgan fingerprint density at radius 3 is 2.74 bits per heavy atom. The minimum Gasteiger partial charge on any atom is -0.382 e. The van der Waals surface area contributed by atoms with E-state index in [9.17, 15) is 0 Å². The Morgan fingerprint density at radius 2 is 2.11 bits per heavy atom. The van der Waals surface area contributed by atoms with Crippen molar-refractivity contribution in [2.24, 2.45) is 10.8 Å². The van der Waals surface area contributed by atoms with E-state index in [4.69, 9.17) is 39.6 Å². The van der Waals surface area contributed by atoms with E-state index in [1.807, 2.05) is 0 Å². The lowest BCUT2D eigenvalue weighted by molar-refractivity contribution is 0.315. The standard InChI is InChI=1S/C9H5Cl2N7O/c10-3-1-4(11)7-8(18-19-17-7)6(3)16-15-5(2-12)9(13)14/h1,16H,(H3,13,14)/b15-5+. The Labute approximate surface area is 116 Å². The summed E-state index contributed by atoms with van der Waals surface area (Å²) < 4.78 is 4.56. The van der Waals surface area contributed by atoms with E-state index in [0.29, 0.717) is 5.52 Å². The van der Waals surface area contributed by atoms with Crippen LogP contribution in [0, 0.1) is 16.7 Å². The highest BCUT2D eigenvalue weighted by Gasteiger charge is 2.15. The lowest BCUT2D eigenvalue weighted by atomic mass is 10.2. The van der Waals surface area contributed by atoms with Crippen molar-refractivity contribution >= 4 is 51.5 Å². The second-order valence-corrected chi connectivity index (χ2v) is 4.09. The molecule has 10 heteroatoms. The number of aromatic nitrogens is 2. The highest BCUT2D eigenvalue weighted by Crippen LogP contribution is 2.34. The molecule has 1 aromatic heterocycles. The van der Waals surface area contributed by atoms with Gasteiger partial charge in [-0.15, -0.1) is 0 Å². The van der Waals surface area contributed by atoms with E-state index in [-0.39, 0.29) is 27.0 Å². The van der Waals surface area contributed by atoms with E-state index in [2.05, 4.69) is 25.5 Å². The van der Waals surface area contributed by atoms with Crippen LogP contribution in [-0.4, -0.2) is 21.9 Å². The topological polar surface area (TPSA) is 137 Å². The number of hydrogen-bond acceptors (Lipinski definition) is 7. The minimum absolute atomic E-state index is 0.206. The Balaban J connectivity index is 2.50. The Kier molecular flexibility index (Phi) is 3.50. The largest absolute Gasteiger partial charge is 0.382 e. The maximum atomic E-state index is 8.72. The van der Waals surface area contributed by atoms with Crippen LogP contribution in [0.4, 0.5) is 5.69 Å². The molecule has 4 N–H and O–H groups in total. The first-order valence-electron chi connectivity index (χ1n) is 4.73. The van der Waals surface area contributed by atoms with Crippen molar-refractivity contribution in [3.63, 3.8) is 0 Å². The van der Waals surface area contributed by atoms with E-state index in [1.165, 1.54) is 6.07 Å². The number of benzene rings is 1. The third kappa shape index (κ3) is 2.42. The van der Waals surface area contributed by atoms with E-state index in [0.717, 1.165) is 0 Å². The number of rotatable bonds is 3. The number of halogens is 2. The molecule has 0 bridgehead atoms. The van der Waals surface area contributed by atoms with Gasteiger partial charge in [0.05, 0.1) is 10.0 Å². The summed E-state index contributed by atoms with van der Waals surface area (Å²) in [7, 11) is 0. The Bertz CT molecular complexity index is 730. The molecule has 0 saturated heterocycles. The highest BCUT2D eigenvalue weighted by molar-refractivity contribution is 6.46. The quantitative estimate of drug-likeness (QED) is 0.448. The number of nitrogens with one attached hydrogen (secondary N) is 2. The third-order valence-corrected chi connectivity index (χ3v) is 2.67. The average molecular weight is 298 g/mol. The molecule has 0 saturated carbocycles. The smallest absolute Gasteiger partial charge is 0.201 e. The van der Waals surface area contributed by atoms with Gasteiger partial charge in [-0.2, -0.15) is 10.4 Å². The van der Waals surface area contributed by atoms with Crippen LogP contribution in [-0.2, 0) is 0 Å². The Morgan fingerprint density at radius 1 is 1.42 bits per heavy atom. The van der Waals surface area contributed by atoms with Crippen LogP contribution in [0.2, 0.25) is 10.0 Å². The van der Waals surface area contributed by atoms with E-state index < -0.39 is 5.84 Å². The van der Waals surface area contributed by atoms with Crippen LogP contribution in [0.5, 0.6) is 0 Å². The molecule has 0 fully saturated rings. The molecular weight excluding hydrogens is 293 g/mol. The molecule has 0 unspecified atom stereocenters. The SMILES string of the molecule is N#C/C(=N\Nc1c(Cl)cc(Cl)c2nonc12)C(=N)N. The summed E-state index contributed by atoms with van der Waals surface area (Å²) in [6.07, 6.45) is 0. The van der Waals surface area contributed by atoms with Crippen LogP contribution in [0.1, 0.15) is 0 Å². The maximum absolute atomic E-state index is 8.72. The molecule has 0 atom stereocenters. The minimum atomic E-state index is -0.477. The molecule has 1 aromatic carbocycles. The van der Waals surface area contributed by atoms with Crippen LogP contribution < -0.4 is 11.2 Å². The summed E-state index contributed by atoms with van der Waals surface area (Å²) in [4.78, 5) is 0. The van der Waals surface area contributed by atoms with Gasteiger partial charge in [0.15, 0.2) is 16.9 Å². The maximum Gasteiger partial charge on any atom is 0.201 e. The second-order valence-electron chi connectivity index (χ2n) is 3.27. The monoisotopic (exact) mass is 297 g/mol. The molecule has 0 aliphatic heterocycles. The molecular formula is C9H5Cl2N7O. The van der Waals surface area contributed by atoms with Crippen molar-refractivity contribution in [1.82, 2.24) is 10.3 Å². The van der Waals surface area contributed by atoms with Gasteiger partial charge in [0.1, 0.15) is 11.8 Å². The zero-order valence-corrected chi connectivity index (χ0v) is 10.6. The third-order valence-electron chi connectivity index (χ3n) is 2.08. The lowest BCUT2D eigenvalue weighted by Gasteiger charge is -2.04. The van der Waals surface area contributed by atoms with Crippen LogP contribution in [0.25, 0.3) is 11.0 Å². The second kappa shape index (κ2) is 5.09. The van der Waals surface area contributed by atoms with Crippen molar-refractivity contribution in [3.8, 4) is 6.07 Å². The molecule has 96 valence electrons. The predicted molar refractivity (Wildman–Crippen MR) is 70.4 cm³/mol. The number of nitriles is 1. The van der Waals surface area contributed by atoms with Crippen molar-refractivity contribution in [1.29, 1.82) is 10.7 Å². The van der Waals surface area contributed by atoms with Gasteiger partial charge in [0.2, 0.25) is 5.71 Å². The van der Waals surface area contributed by atoms with Crippen molar-refractivity contribution in [2.75, 3.05) is 5.43 Å². The van der Waals surface area contributed by atoms with Crippen LogP contribution >= 0.6 is 23.2 Å². The van der Waals surface area contributed by atoms with Gasteiger partial charge in [-0.1, -0.05) is 23.2 Å². The van der Waals surface area contributed by atoms with Crippen molar-refractivity contribution < 1.29 is 4.63 Å². The Hall–Kier alpha value is -2.37. The fourth-order valence-corrected chi connectivity index (χ4v) is 1.77. The van der Waals surface area contributed by atoms with Gasteiger partial charge in [-0.3, -0.25) is 10.8 Å². The highest BCUT2D eigenvalue weighted by atomic mass is 35.5. The van der Waals surface area contributed by atoms with Gasteiger partial charge in [0, 0.05) is 0 Å². The summed E-state index contributed by atoms with van der Waals surface area (Å²) in [5.41, 5.74) is 8.15. The van der Waals surface area contributed by atoms with Crippen LogP contribution in [0.3, 0.4) is 0 Å². The molecule has 0 radical (unpaired) electrons. The zero-order chi connectivity index (χ0) is 14.0. The number of hydrazone groups is 1. The molecule has 2 aromatic rings. The fraction of sp³-hybridized carbons (Fsp3) is 0. The van der Waals surface area contributed by atoms with Crippen molar-refractivity contribution in [2.45, 2.75) is 0 Å². The number of anilines is 1. The summed E-state index contributed by atoms with van der Waals surface area (Å²) in [5, 5.41) is 27.2. The summed E-state index contributed by atoms with van der Waals surface area (Å²) in [5.74, 6) is -0.477. The van der Waals surface area contributed by atoms with Gasteiger partial charge < -0.3 is 5.73 Å². The molecule has 1 heterocycles. The van der Waals surface area contributed by atoms with Crippen molar-refractivity contribution in [3.05, 3.63) is 16.1 Å². The van der Waals surface area contributed by atoms with Gasteiger partial charge >= 0.3 is 0 Å².